The molecule has 0 aliphatic carbocycles. The molecule has 1 rings (SSSR count). The van der Waals surface area contributed by atoms with Gasteiger partial charge in [-0.05, 0) is 19.1 Å². The van der Waals surface area contributed by atoms with E-state index in [2.05, 4.69) is 16.6 Å². The summed E-state index contributed by atoms with van der Waals surface area (Å²) in [6.07, 6.45) is 0. The maximum Gasteiger partial charge on any atom is 1.00 e. The molecule has 0 aromatic heterocycles. The summed E-state index contributed by atoms with van der Waals surface area (Å²) in [5.74, 6) is 4.70. The van der Waals surface area contributed by atoms with Crippen LogP contribution in [0.15, 0.2) is 18.2 Å². The molecular formula is C10H9BF3KO. The molecule has 0 heterocycles. The van der Waals surface area contributed by atoms with Crippen LogP contribution in [0.4, 0.5) is 12.9 Å². The van der Waals surface area contributed by atoms with E-state index in [0.29, 0.717) is 0 Å². The van der Waals surface area contributed by atoms with Crippen molar-refractivity contribution in [1.29, 1.82) is 0 Å². The molecule has 0 spiro atoms. The molecule has 16 heavy (non-hydrogen) atoms. The summed E-state index contributed by atoms with van der Waals surface area (Å²) in [6.45, 7) is -3.61. The third kappa shape index (κ3) is 3.82. The van der Waals surface area contributed by atoms with Crippen LogP contribution in [0.2, 0.25) is 0 Å². The third-order valence-corrected chi connectivity index (χ3v) is 1.87. The fraction of sp³-hybridized carbons (Fsp3) is 0.200. The van der Waals surface area contributed by atoms with Gasteiger partial charge >= 0.3 is 58.4 Å². The molecule has 0 aliphatic heterocycles. The van der Waals surface area contributed by atoms with E-state index in [0.717, 1.165) is 0 Å². The minimum Gasteiger partial charge on any atom is -0.500 e. The maximum absolute atomic E-state index is 12.7. The smallest absolute Gasteiger partial charge is 0.500 e. The van der Waals surface area contributed by atoms with E-state index >= 15 is 0 Å². The first-order valence-corrected chi connectivity index (χ1v) is 4.30. The van der Waals surface area contributed by atoms with Crippen molar-refractivity contribution in [3.63, 3.8) is 0 Å². The molecule has 1 nitrogen and oxygen atoms in total. The average molecular weight is 252 g/mol. The van der Waals surface area contributed by atoms with Gasteiger partial charge in [0, 0.05) is 5.56 Å². The van der Waals surface area contributed by atoms with E-state index in [9.17, 15) is 12.9 Å². The zero-order chi connectivity index (χ0) is 11.5. The van der Waals surface area contributed by atoms with Crippen LogP contribution in [-0.4, -0.2) is 14.1 Å². The standard InChI is InChI=1S/C10H9BF3O.K/c1-3-5-8-6-4-7-9(15-2)10(8)11(12,13)14;/h4,6-7H,1-2H3;/q-1;+1. The third-order valence-electron chi connectivity index (χ3n) is 1.87. The van der Waals surface area contributed by atoms with Crippen LogP contribution in [0.25, 0.3) is 0 Å². The topological polar surface area (TPSA) is 9.23 Å². The number of benzene rings is 1. The summed E-state index contributed by atoms with van der Waals surface area (Å²) in [6, 6.07) is 4.11. The number of halogens is 3. The van der Waals surface area contributed by atoms with Crippen LogP contribution < -0.4 is 61.6 Å². The fourth-order valence-corrected chi connectivity index (χ4v) is 1.30. The summed E-state index contributed by atoms with van der Waals surface area (Å²) in [5, 5.41) is 0. The Labute approximate surface area is 135 Å². The number of hydrogen-bond donors (Lipinski definition) is 0. The minimum absolute atomic E-state index is 0. The fourth-order valence-electron chi connectivity index (χ4n) is 1.30. The molecule has 0 atom stereocenters. The van der Waals surface area contributed by atoms with Crippen molar-refractivity contribution in [2.75, 3.05) is 7.11 Å². The van der Waals surface area contributed by atoms with Gasteiger partial charge in [0.2, 0.25) is 0 Å². The van der Waals surface area contributed by atoms with Crippen molar-refractivity contribution in [2.45, 2.75) is 6.92 Å². The Kier molecular flexibility index (Phi) is 6.75. The number of methoxy groups -OCH3 is 1. The Morgan fingerprint density at radius 1 is 1.25 bits per heavy atom. The van der Waals surface area contributed by atoms with Gasteiger partial charge in [-0.2, -0.15) is 0 Å². The van der Waals surface area contributed by atoms with Crippen molar-refractivity contribution >= 4 is 12.4 Å². The van der Waals surface area contributed by atoms with Crippen LogP contribution in [0, 0.1) is 11.8 Å². The molecule has 1 aromatic carbocycles. The van der Waals surface area contributed by atoms with Crippen LogP contribution in [0.1, 0.15) is 12.5 Å². The molecule has 0 fully saturated rings. The SMILES string of the molecule is CC#Cc1cccc(OC)c1[B-](F)(F)F.[K+]. The number of ether oxygens (including phenoxy) is 1. The zero-order valence-corrected chi connectivity index (χ0v) is 12.5. The van der Waals surface area contributed by atoms with E-state index in [4.69, 9.17) is 0 Å². The minimum atomic E-state index is -5.11. The van der Waals surface area contributed by atoms with Crippen molar-refractivity contribution in [1.82, 2.24) is 0 Å². The second-order valence-corrected chi connectivity index (χ2v) is 2.87. The first-order chi connectivity index (χ1) is 7.00. The molecule has 6 heteroatoms. The molecule has 0 aliphatic rings. The number of rotatable bonds is 2. The largest absolute Gasteiger partial charge is 1.00 e. The molecule has 0 saturated heterocycles. The van der Waals surface area contributed by atoms with Gasteiger partial charge in [0.1, 0.15) is 0 Å². The molecule has 1 aromatic rings. The van der Waals surface area contributed by atoms with E-state index in [-0.39, 0.29) is 62.7 Å². The predicted molar refractivity (Wildman–Crippen MR) is 54.3 cm³/mol. The Hall–Kier alpha value is 0.0713. The Morgan fingerprint density at radius 3 is 2.31 bits per heavy atom. The zero-order valence-electron chi connectivity index (χ0n) is 9.35. The van der Waals surface area contributed by atoms with Crippen LogP contribution >= 0.6 is 0 Å². The molecule has 0 amide bonds. The predicted octanol–water partition coefficient (Wildman–Crippen LogP) is -0.875. The van der Waals surface area contributed by atoms with Gasteiger partial charge in [-0.25, -0.2) is 0 Å². The second kappa shape index (κ2) is 6.72. The van der Waals surface area contributed by atoms with Gasteiger partial charge in [0.05, 0.1) is 12.9 Å². The Bertz CT molecular complexity index is 420. The van der Waals surface area contributed by atoms with Gasteiger partial charge < -0.3 is 17.7 Å². The molecule has 0 unspecified atom stereocenters. The maximum atomic E-state index is 12.7. The molecule has 0 N–H and O–H groups in total. The van der Waals surface area contributed by atoms with E-state index in [1.54, 1.807) is 0 Å². The van der Waals surface area contributed by atoms with Crippen LogP contribution in [0.3, 0.4) is 0 Å². The van der Waals surface area contributed by atoms with Gasteiger partial charge in [-0.1, -0.05) is 17.4 Å². The summed E-state index contributed by atoms with van der Waals surface area (Å²) < 4.78 is 42.9. The molecule has 80 valence electrons. The van der Waals surface area contributed by atoms with Gasteiger partial charge in [-0.15, -0.1) is 5.92 Å². The molecular weight excluding hydrogens is 243 g/mol. The van der Waals surface area contributed by atoms with Gasteiger partial charge in [0.15, 0.2) is 0 Å². The van der Waals surface area contributed by atoms with E-state index in [1.165, 1.54) is 32.2 Å². The second-order valence-electron chi connectivity index (χ2n) is 2.87. The van der Waals surface area contributed by atoms with Crippen LogP contribution in [-0.2, 0) is 0 Å². The average Bonchev–Trinajstić information content (AvgIpc) is 2.16. The van der Waals surface area contributed by atoms with E-state index < -0.39 is 12.4 Å². The summed E-state index contributed by atoms with van der Waals surface area (Å²) in [5.41, 5.74) is -0.793. The summed E-state index contributed by atoms with van der Waals surface area (Å²) in [7, 11) is 1.21. The summed E-state index contributed by atoms with van der Waals surface area (Å²) >= 11 is 0. The molecule has 0 radical (unpaired) electrons. The quantitative estimate of drug-likeness (QED) is 0.491. The normalized spacial score (nSPS) is 9.81. The Balaban J connectivity index is 0.00000225. The molecule has 0 bridgehead atoms. The van der Waals surface area contributed by atoms with Crippen LogP contribution in [0.5, 0.6) is 5.75 Å². The number of hydrogen-bond acceptors (Lipinski definition) is 1. The van der Waals surface area contributed by atoms with Crippen molar-refractivity contribution in [3.8, 4) is 17.6 Å². The first kappa shape index (κ1) is 16.1. The van der Waals surface area contributed by atoms with E-state index in [1.807, 2.05) is 0 Å². The van der Waals surface area contributed by atoms with Crippen molar-refractivity contribution < 1.29 is 69.1 Å². The van der Waals surface area contributed by atoms with Gasteiger partial charge in [-0.3, -0.25) is 0 Å². The van der Waals surface area contributed by atoms with Crippen molar-refractivity contribution in [3.05, 3.63) is 23.8 Å². The van der Waals surface area contributed by atoms with Crippen molar-refractivity contribution in [2.24, 2.45) is 0 Å². The van der Waals surface area contributed by atoms with Gasteiger partial charge in [0.25, 0.3) is 0 Å². The molecule has 0 saturated carbocycles. The monoisotopic (exact) mass is 252 g/mol. The first-order valence-electron chi connectivity index (χ1n) is 4.30. The summed E-state index contributed by atoms with van der Waals surface area (Å²) in [4.78, 5) is 0. The Morgan fingerprint density at radius 2 is 1.88 bits per heavy atom.